The number of rotatable bonds is 7. The number of β-amino-alcohol motifs (C(OH)–C–C–N with tert-alkyl or cyclic N) is 1. The molecule has 0 aromatic heterocycles. The van der Waals surface area contributed by atoms with Gasteiger partial charge in [0.15, 0.2) is 11.5 Å². The molecule has 1 unspecified atom stereocenters. The second kappa shape index (κ2) is 7.64. The molecule has 0 bridgehead atoms. The van der Waals surface area contributed by atoms with Crippen molar-refractivity contribution in [1.82, 2.24) is 9.80 Å². The predicted molar refractivity (Wildman–Crippen MR) is 82.9 cm³/mol. The molecular weight excluding hydrogens is 268 g/mol. The van der Waals surface area contributed by atoms with Gasteiger partial charge in [0.2, 0.25) is 0 Å². The molecule has 2 rings (SSSR count). The van der Waals surface area contributed by atoms with E-state index in [-0.39, 0.29) is 6.10 Å². The summed E-state index contributed by atoms with van der Waals surface area (Å²) in [5.41, 5.74) is 1.11. The van der Waals surface area contributed by atoms with Gasteiger partial charge in [0, 0.05) is 31.7 Å². The van der Waals surface area contributed by atoms with Crippen LogP contribution in [0.3, 0.4) is 0 Å². The Morgan fingerprint density at radius 1 is 1.38 bits per heavy atom. The number of nitrogens with zero attached hydrogens (tertiary/aromatic N) is 2. The van der Waals surface area contributed by atoms with E-state index in [9.17, 15) is 5.11 Å². The standard InChI is InChI=1S/C16H26N2O3/c1-17(2)9-10-21-16-13(5-4-6-15(16)20-3)11-18-8-7-14(19)12-18/h4-6,14,19H,7-12H2,1-3H3. The van der Waals surface area contributed by atoms with Crippen LogP contribution in [0.15, 0.2) is 18.2 Å². The number of aliphatic hydroxyl groups is 1. The van der Waals surface area contributed by atoms with E-state index in [2.05, 4.69) is 15.9 Å². The molecule has 0 amide bonds. The third-order valence-corrected chi connectivity index (χ3v) is 3.71. The zero-order chi connectivity index (χ0) is 15.2. The summed E-state index contributed by atoms with van der Waals surface area (Å²) in [6.07, 6.45) is 0.648. The molecule has 1 fully saturated rings. The lowest BCUT2D eigenvalue weighted by atomic mass is 10.1. The van der Waals surface area contributed by atoms with Crippen molar-refractivity contribution in [1.29, 1.82) is 0 Å². The summed E-state index contributed by atoms with van der Waals surface area (Å²) >= 11 is 0. The topological polar surface area (TPSA) is 45.2 Å². The van der Waals surface area contributed by atoms with Crippen molar-refractivity contribution in [2.45, 2.75) is 19.1 Å². The normalized spacial score (nSPS) is 19.2. The highest BCUT2D eigenvalue weighted by atomic mass is 16.5. The molecule has 118 valence electrons. The highest BCUT2D eigenvalue weighted by Crippen LogP contribution is 2.32. The molecule has 1 N–H and O–H groups in total. The third-order valence-electron chi connectivity index (χ3n) is 3.71. The molecule has 21 heavy (non-hydrogen) atoms. The second-order valence-electron chi connectivity index (χ2n) is 5.78. The van der Waals surface area contributed by atoms with Crippen LogP contribution in [-0.2, 0) is 6.54 Å². The summed E-state index contributed by atoms with van der Waals surface area (Å²) in [5.74, 6) is 1.59. The summed E-state index contributed by atoms with van der Waals surface area (Å²) in [4.78, 5) is 4.34. The lowest BCUT2D eigenvalue weighted by molar-refractivity contribution is 0.173. The van der Waals surface area contributed by atoms with Gasteiger partial charge in [-0.15, -0.1) is 0 Å². The number of likely N-dealkylation sites (N-methyl/N-ethyl adjacent to an activating group) is 1. The van der Waals surface area contributed by atoms with E-state index in [0.717, 1.165) is 49.7 Å². The predicted octanol–water partition coefficient (Wildman–Crippen LogP) is 1.20. The lowest BCUT2D eigenvalue weighted by Gasteiger charge is -2.20. The number of para-hydroxylation sites is 1. The monoisotopic (exact) mass is 294 g/mol. The fraction of sp³-hybridized carbons (Fsp3) is 0.625. The first-order valence-electron chi connectivity index (χ1n) is 7.44. The van der Waals surface area contributed by atoms with E-state index in [1.54, 1.807) is 7.11 Å². The Balaban J connectivity index is 2.07. The van der Waals surface area contributed by atoms with Gasteiger partial charge in [-0.25, -0.2) is 0 Å². The van der Waals surface area contributed by atoms with E-state index in [1.807, 2.05) is 26.2 Å². The molecule has 0 radical (unpaired) electrons. The minimum Gasteiger partial charge on any atom is -0.493 e. The van der Waals surface area contributed by atoms with Crippen molar-refractivity contribution < 1.29 is 14.6 Å². The van der Waals surface area contributed by atoms with Crippen molar-refractivity contribution in [2.24, 2.45) is 0 Å². The first-order chi connectivity index (χ1) is 10.1. The maximum Gasteiger partial charge on any atom is 0.165 e. The lowest BCUT2D eigenvalue weighted by Crippen LogP contribution is -2.23. The maximum atomic E-state index is 9.65. The SMILES string of the molecule is COc1cccc(CN2CCC(O)C2)c1OCCN(C)C. The van der Waals surface area contributed by atoms with E-state index in [4.69, 9.17) is 9.47 Å². The number of hydrogen-bond donors (Lipinski definition) is 1. The van der Waals surface area contributed by atoms with Gasteiger partial charge in [-0.05, 0) is 26.6 Å². The summed E-state index contributed by atoms with van der Waals surface area (Å²) in [7, 11) is 5.72. The molecule has 5 nitrogen and oxygen atoms in total. The smallest absolute Gasteiger partial charge is 0.165 e. The Morgan fingerprint density at radius 3 is 2.81 bits per heavy atom. The number of aliphatic hydroxyl groups excluding tert-OH is 1. The van der Waals surface area contributed by atoms with Crippen LogP contribution >= 0.6 is 0 Å². The van der Waals surface area contributed by atoms with E-state index in [0.29, 0.717) is 6.61 Å². The molecule has 1 atom stereocenters. The third kappa shape index (κ3) is 4.59. The Morgan fingerprint density at radius 2 is 2.19 bits per heavy atom. The van der Waals surface area contributed by atoms with Gasteiger partial charge < -0.3 is 19.5 Å². The fourth-order valence-electron chi connectivity index (χ4n) is 2.54. The number of ether oxygens (including phenoxy) is 2. The van der Waals surface area contributed by atoms with Crippen LogP contribution in [0.2, 0.25) is 0 Å². The van der Waals surface area contributed by atoms with Crippen LogP contribution in [0.5, 0.6) is 11.5 Å². The number of hydrogen-bond acceptors (Lipinski definition) is 5. The van der Waals surface area contributed by atoms with Gasteiger partial charge in [-0.1, -0.05) is 12.1 Å². The quantitative estimate of drug-likeness (QED) is 0.819. The molecule has 1 aromatic carbocycles. The first-order valence-corrected chi connectivity index (χ1v) is 7.44. The minimum absolute atomic E-state index is 0.200. The summed E-state index contributed by atoms with van der Waals surface area (Å²) in [6, 6.07) is 5.98. The molecule has 0 aliphatic carbocycles. The van der Waals surface area contributed by atoms with Gasteiger partial charge in [0.05, 0.1) is 13.2 Å². The average molecular weight is 294 g/mol. The van der Waals surface area contributed by atoms with Crippen molar-refractivity contribution in [3.63, 3.8) is 0 Å². The first kappa shape index (κ1) is 16.1. The fourth-order valence-corrected chi connectivity index (χ4v) is 2.54. The molecule has 1 aliphatic heterocycles. The van der Waals surface area contributed by atoms with Crippen molar-refractivity contribution >= 4 is 0 Å². The van der Waals surface area contributed by atoms with E-state index < -0.39 is 0 Å². The molecule has 5 heteroatoms. The molecule has 1 heterocycles. The molecule has 0 spiro atoms. The van der Waals surface area contributed by atoms with Crippen LogP contribution in [0.4, 0.5) is 0 Å². The molecule has 1 aromatic rings. The van der Waals surface area contributed by atoms with Gasteiger partial charge in [0.1, 0.15) is 6.61 Å². The number of likely N-dealkylation sites (tertiary alicyclic amines) is 1. The largest absolute Gasteiger partial charge is 0.493 e. The highest BCUT2D eigenvalue weighted by molar-refractivity contribution is 5.46. The van der Waals surface area contributed by atoms with Gasteiger partial charge in [0.25, 0.3) is 0 Å². The summed E-state index contributed by atoms with van der Waals surface area (Å²) in [6.45, 7) is 3.93. The van der Waals surface area contributed by atoms with E-state index in [1.165, 1.54) is 0 Å². The number of methoxy groups -OCH3 is 1. The molecular formula is C16H26N2O3. The zero-order valence-corrected chi connectivity index (χ0v) is 13.2. The van der Waals surface area contributed by atoms with E-state index >= 15 is 0 Å². The zero-order valence-electron chi connectivity index (χ0n) is 13.2. The van der Waals surface area contributed by atoms with Crippen LogP contribution in [0, 0.1) is 0 Å². The van der Waals surface area contributed by atoms with Crippen LogP contribution in [0.25, 0.3) is 0 Å². The Bertz CT molecular complexity index is 451. The van der Waals surface area contributed by atoms with Crippen molar-refractivity contribution in [3.8, 4) is 11.5 Å². The second-order valence-corrected chi connectivity index (χ2v) is 5.78. The molecule has 0 saturated carbocycles. The van der Waals surface area contributed by atoms with Crippen molar-refractivity contribution in [2.75, 3.05) is 47.4 Å². The van der Waals surface area contributed by atoms with Crippen LogP contribution in [0.1, 0.15) is 12.0 Å². The summed E-state index contributed by atoms with van der Waals surface area (Å²) < 4.78 is 11.4. The minimum atomic E-state index is -0.200. The molecule has 1 saturated heterocycles. The number of benzene rings is 1. The molecule has 1 aliphatic rings. The average Bonchev–Trinajstić information content (AvgIpc) is 2.85. The Labute approximate surface area is 127 Å². The van der Waals surface area contributed by atoms with Gasteiger partial charge >= 0.3 is 0 Å². The van der Waals surface area contributed by atoms with Crippen LogP contribution in [-0.4, -0.2) is 68.5 Å². The Kier molecular flexibility index (Phi) is 5.85. The van der Waals surface area contributed by atoms with Crippen molar-refractivity contribution in [3.05, 3.63) is 23.8 Å². The Hall–Kier alpha value is -1.30. The maximum absolute atomic E-state index is 9.65. The van der Waals surface area contributed by atoms with Gasteiger partial charge in [-0.3, -0.25) is 4.90 Å². The summed E-state index contributed by atoms with van der Waals surface area (Å²) in [5, 5.41) is 9.65. The van der Waals surface area contributed by atoms with Crippen LogP contribution < -0.4 is 9.47 Å². The highest BCUT2D eigenvalue weighted by Gasteiger charge is 2.22. The van der Waals surface area contributed by atoms with Gasteiger partial charge in [-0.2, -0.15) is 0 Å².